The van der Waals surface area contributed by atoms with E-state index in [1.165, 1.54) is 4.57 Å². The lowest BCUT2D eigenvalue weighted by atomic mass is 10.0. The third-order valence-electron chi connectivity index (χ3n) is 4.95. The maximum absolute atomic E-state index is 12.6. The molecule has 1 N–H and O–H groups in total. The van der Waals surface area contributed by atoms with Crippen molar-refractivity contribution in [1.82, 2.24) is 4.57 Å². The van der Waals surface area contributed by atoms with Gasteiger partial charge in [0.2, 0.25) is 5.88 Å². The molecular weight excluding hydrogens is 368 g/mol. The largest absolute Gasteiger partial charge is 0.493 e. The van der Waals surface area contributed by atoms with Crippen molar-refractivity contribution >= 4 is 45.7 Å². The summed E-state index contributed by atoms with van der Waals surface area (Å²) in [6.07, 6.45) is 3.60. The van der Waals surface area contributed by atoms with E-state index in [1.807, 2.05) is 72.8 Å². The second-order valence-electron chi connectivity index (χ2n) is 6.66. The van der Waals surface area contributed by atoms with E-state index in [2.05, 4.69) is 4.99 Å². The van der Waals surface area contributed by atoms with Crippen molar-refractivity contribution in [3.63, 3.8) is 0 Å². The molecule has 0 aliphatic carbocycles. The molecule has 0 saturated heterocycles. The van der Waals surface area contributed by atoms with Gasteiger partial charge in [-0.1, -0.05) is 72.0 Å². The number of rotatable bonds is 3. The van der Waals surface area contributed by atoms with Crippen LogP contribution in [0.5, 0.6) is 5.88 Å². The fourth-order valence-electron chi connectivity index (χ4n) is 3.54. The first-order chi connectivity index (χ1) is 13.7. The second kappa shape index (κ2) is 6.62. The Kier molecular flexibility index (Phi) is 3.95. The van der Waals surface area contributed by atoms with Crippen LogP contribution in [0.3, 0.4) is 0 Å². The van der Waals surface area contributed by atoms with Crippen LogP contribution in [0.1, 0.15) is 16.0 Å². The number of aromatic hydroxyl groups is 1. The molecule has 0 saturated carbocycles. The molecular formula is C23H16N2O2S. The molecule has 1 aliphatic heterocycles. The smallest absolute Gasteiger partial charge is 0.310 e. The highest BCUT2D eigenvalue weighted by atomic mass is 32.1. The normalized spacial score (nSPS) is 14.1. The molecule has 5 heteroatoms. The van der Waals surface area contributed by atoms with E-state index in [0.29, 0.717) is 11.4 Å². The zero-order chi connectivity index (χ0) is 19.1. The van der Waals surface area contributed by atoms with Gasteiger partial charge in [-0.25, -0.2) is 0 Å². The number of benzene rings is 3. The van der Waals surface area contributed by atoms with Gasteiger partial charge in [-0.2, -0.15) is 0 Å². The molecule has 136 valence electrons. The molecule has 1 aromatic heterocycles. The predicted molar refractivity (Wildman–Crippen MR) is 116 cm³/mol. The summed E-state index contributed by atoms with van der Waals surface area (Å²) in [5.41, 5.74) is 3.80. The summed E-state index contributed by atoms with van der Waals surface area (Å²) in [5, 5.41) is 12.9. The van der Waals surface area contributed by atoms with Crippen LogP contribution < -0.4 is 4.87 Å². The standard InChI is InChI=1S/C23H16N2O2S/c26-22-21(12-17-13-24-20-11-4-3-10-19(17)20)28-23(27)25(22)14-16-8-5-7-15-6-1-2-9-18(15)16/h1-13,26H,14H2. The SMILES string of the molecule is O=c1sc(C=C2C=Nc3ccccc32)c(O)n1Cc1cccc2ccccc12. The Balaban J connectivity index is 1.55. The number of aromatic nitrogens is 1. The van der Waals surface area contributed by atoms with E-state index in [-0.39, 0.29) is 10.8 Å². The molecule has 0 spiro atoms. The fourth-order valence-corrected chi connectivity index (χ4v) is 4.38. The third kappa shape index (κ3) is 2.77. The van der Waals surface area contributed by atoms with E-state index in [4.69, 9.17) is 0 Å². The molecule has 1 aliphatic rings. The van der Waals surface area contributed by atoms with E-state index >= 15 is 0 Å². The molecule has 0 radical (unpaired) electrons. The maximum Gasteiger partial charge on any atom is 0.310 e. The molecule has 0 amide bonds. The monoisotopic (exact) mass is 384 g/mol. The van der Waals surface area contributed by atoms with E-state index in [1.54, 1.807) is 6.21 Å². The number of aliphatic imine (C=N–C) groups is 1. The van der Waals surface area contributed by atoms with Gasteiger partial charge in [0, 0.05) is 17.4 Å². The Labute approximate surface area is 165 Å². The van der Waals surface area contributed by atoms with Gasteiger partial charge in [-0.05, 0) is 28.5 Å². The highest BCUT2D eigenvalue weighted by Gasteiger charge is 2.17. The molecule has 0 unspecified atom stereocenters. The molecule has 0 fully saturated rings. The summed E-state index contributed by atoms with van der Waals surface area (Å²) in [6, 6.07) is 21.9. The van der Waals surface area contributed by atoms with Gasteiger partial charge in [0.25, 0.3) is 0 Å². The first kappa shape index (κ1) is 16.7. The Morgan fingerprint density at radius 2 is 1.79 bits per heavy atom. The van der Waals surface area contributed by atoms with Crippen molar-refractivity contribution in [2.24, 2.45) is 4.99 Å². The van der Waals surface area contributed by atoms with Crippen LogP contribution in [-0.4, -0.2) is 15.9 Å². The molecule has 3 aromatic carbocycles. The van der Waals surface area contributed by atoms with E-state index < -0.39 is 0 Å². The lowest BCUT2D eigenvalue weighted by molar-refractivity contribution is 0.421. The number of hydrogen-bond acceptors (Lipinski definition) is 4. The molecule has 4 nitrogen and oxygen atoms in total. The third-order valence-corrected chi connectivity index (χ3v) is 5.86. The topological polar surface area (TPSA) is 54.6 Å². The minimum Gasteiger partial charge on any atom is -0.493 e. The summed E-state index contributed by atoms with van der Waals surface area (Å²) in [7, 11) is 0. The first-order valence-electron chi connectivity index (χ1n) is 8.95. The van der Waals surface area contributed by atoms with Gasteiger partial charge in [-0.15, -0.1) is 0 Å². The van der Waals surface area contributed by atoms with Crippen molar-refractivity contribution in [2.75, 3.05) is 0 Å². The summed E-state index contributed by atoms with van der Waals surface area (Å²) in [4.78, 5) is 17.3. The molecule has 28 heavy (non-hydrogen) atoms. The van der Waals surface area contributed by atoms with Crippen molar-refractivity contribution in [1.29, 1.82) is 0 Å². The molecule has 4 aromatic rings. The Bertz CT molecular complexity index is 1320. The fraction of sp³-hybridized carbons (Fsp3) is 0.0435. The van der Waals surface area contributed by atoms with Crippen molar-refractivity contribution in [3.05, 3.63) is 92.4 Å². The van der Waals surface area contributed by atoms with E-state index in [0.717, 1.165) is 44.5 Å². The van der Waals surface area contributed by atoms with Crippen LogP contribution >= 0.6 is 11.3 Å². The van der Waals surface area contributed by atoms with Crippen LogP contribution in [0.25, 0.3) is 22.4 Å². The lowest BCUT2D eigenvalue weighted by Gasteiger charge is -2.08. The van der Waals surface area contributed by atoms with Crippen LogP contribution in [0, 0.1) is 0 Å². The lowest BCUT2D eigenvalue weighted by Crippen LogP contribution is -2.13. The summed E-state index contributed by atoms with van der Waals surface area (Å²) < 4.78 is 1.43. The highest BCUT2D eigenvalue weighted by Crippen LogP contribution is 2.34. The summed E-state index contributed by atoms with van der Waals surface area (Å²) >= 11 is 1.05. The number of thiazole rings is 1. The van der Waals surface area contributed by atoms with Gasteiger partial charge >= 0.3 is 4.87 Å². The quantitative estimate of drug-likeness (QED) is 0.536. The Morgan fingerprint density at radius 1 is 1.00 bits per heavy atom. The van der Waals surface area contributed by atoms with Crippen molar-refractivity contribution in [2.45, 2.75) is 6.54 Å². The zero-order valence-corrected chi connectivity index (χ0v) is 15.7. The van der Waals surface area contributed by atoms with Crippen LogP contribution in [0.2, 0.25) is 0 Å². The Morgan fingerprint density at radius 3 is 2.71 bits per heavy atom. The highest BCUT2D eigenvalue weighted by molar-refractivity contribution is 7.10. The maximum atomic E-state index is 12.6. The van der Waals surface area contributed by atoms with Gasteiger partial charge in [0.1, 0.15) is 0 Å². The van der Waals surface area contributed by atoms with E-state index in [9.17, 15) is 9.90 Å². The number of fused-ring (bicyclic) bond motifs is 2. The van der Waals surface area contributed by atoms with Crippen LogP contribution in [-0.2, 0) is 6.54 Å². The predicted octanol–water partition coefficient (Wildman–Crippen LogP) is 5.07. The van der Waals surface area contributed by atoms with Gasteiger partial charge in [0.15, 0.2) is 0 Å². The van der Waals surface area contributed by atoms with Gasteiger partial charge in [-0.3, -0.25) is 14.4 Å². The average molecular weight is 384 g/mol. The number of hydrogen-bond donors (Lipinski definition) is 1. The molecule has 0 bridgehead atoms. The Hall–Kier alpha value is -3.44. The van der Waals surface area contributed by atoms with Crippen molar-refractivity contribution < 1.29 is 5.11 Å². The zero-order valence-electron chi connectivity index (χ0n) is 14.9. The minimum absolute atomic E-state index is 0.00628. The first-order valence-corrected chi connectivity index (χ1v) is 9.77. The van der Waals surface area contributed by atoms with Crippen molar-refractivity contribution in [3.8, 4) is 5.88 Å². The van der Waals surface area contributed by atoms with Crippen LogP contribution in [0.15, 0.2) is 76.5 Å². The number of nitrogens with zero attached hydrogens (tertiary/aromatic N) is 2. The summed E-state index contributed by atoms with van der Waals surface area (Å²) in [5.74, 6) is -0.00628. The van der Waals surface area contributed by atoms with Crippen LogP contribution in [0.4, 0.5) is 5.69 Å². The summed E-state index contributed by atoms with van der Waals surface area (Å²) in [6.45, 7) is 0.330. The van der Waals surface area contributed by atoms with Gasteiger partial charge < -0.3 is 5.11 Å². The minimum atomic E-state index is -0.180. The second-order valence-corrected chi connectivity index (χ2v) is 7.65. The number of allylic oxidation sites excluding steroid dienone is 1. The molecule has 0 atom stereocenters. The average Bonchev–Trinajstić information content (AvgIpc) is 3.25. The number of para-hydroxylation sites is 1. The van der Waals surface area contributed by atoms with Gasteiger partial charge in [0.05, 0.1) is 17.1 Å². The molecule has 2 heterocycles. The molecule has 5 rings (SSSR count).